The Labute approximate surface area is 167 Å². The van der Waals surface area contributed by atoms with Gasteiger partial charge in [0.25, 0.3) is 0 Å². The number of para-hydroxylation sites is 1. The molecule has 1 fully saturated rings. The summed E-state index contributed by atoms with van der Waals surface area (Å²) < 4.78 is 1.92. The Kier molecular flexibility index (Phi) is 8.24. The van der Waals surface area contributed by atoms with Gasteiger partial charge in [0.1, 0.15) is 0 Å². The van der Waals surface area contributed by atoms with Crippen LogP contribution in [0, 0.1) is 0 Å². The molecule has 0 amide bonds. The third-order valence-corrected chi connectivity index (χ3v) is 4.37. The van der Waals surface area contributed by atoms with E-state index in [0.29, 0.717) is 6.04 Å². The molecule has 1 aromatic carbocycles. The highest BCUT2D eigenvalue weighted by Gasteiger charge is 2.15. The molecule has 0 bridgehead atoms. The standard InChI is InChI=1S/C19H27N5.HI/c1-2-20-19(23-17-8-6-7-9-17)21-13-12-16-14-22-24(15-16)18-10-4-3-5-11-18;/h3-5,10-11,14-15,17H,2,6-9,12-13H2,1H3,(H2,20,21,23);1H. The van der Waals surface area contributed by atoms with Crippen LogP contribution in [-0.2, 0) is 6.42 Å². The molecule has 1 saturated carbocycles. The SMILES string of the molecule is CCNC(=NCCc1cnn(-c2ccccc2)c1)NC1CCCC1.I. The van der Waals surface area contributed by atoms with Crippen molar-refractivity contribution < 1.29 is 0 Å². The molecule has 1 aliphatic rings. The van der Waals surface area contributed by atoms with Gasteiger partial charge in [0.05, 0.1) is 11.9 Å². The van der Waals surface area contributed by atoms with E-state index in [-0.39, 0.29) is 24.0 Å². The smallest absolute Gasteiger partial charge is 0.191 e. The summed E-state index contributed by atoms with van der Waals surface area (Å²) in [4.78, 5) is 4.71. The Balaban J connectivity index is 0.00000225. The van der Waals surface area contributed by atoms with E-state index >= 15 is 0 Å². The van der Waals surface area contributed by atoms with Gasteiger partial charge in [-0.3, -0.25) is 4.99 Å². The zero-order chi connectivity index (χ0) is 16.6. The van der Waals surface area contributed by atoms with Crippen molar-refractivity contribution in [3.8, 4) is 5.69 Å². The summed E-state index contributed by atoms with van der Waals surface area (Å²) in [6.07, 6.45) is 10.1. The molecule has 25 heavy (non-hydrogen) atoms. The Hall–Kier alpha value is -1.57. The van der Waals surface area contributed by atoms with Crippen LogP contribution in [-0.4, -0.2) is 34.9 Å². The minimum atomic E-state index is 0. The van der Waals surface area contributed by atoms with Crippen molar-refractivity contribution >= 4 is 29.9 Å². The lowest BCUT2D eigenvalue weighted by Crippen LogP contribution is -2.42. The maximum atomic E-state index is 4.71. The van der Waals surface area contributed by atoms with E-state index in [4.69, 9.17) is 4.99 Å². The number of nitrogens with zero attached hydrogens (tertiary/aromatic N) is 3. The largest absolute Gasteiger partial charge is 0.357 e. The number of aromatic nitrogens is 2. The van der Waals surface area contributed by atoms with Gasteiger partial charge in [0.15, 0.2) is 5.96 Å². The van der Waals surface area contributed by atoms with Crippen LogP contribution < -0.4 is 10.6 Å². The van der Waals surface area contributed by atoms with Crippen LogP contribution in [0.5, 0.6) is 0 Å². The van der Waals surface area contributed by atoms with Gasteiger partial charge in [-0.15, -0.1) is 24.0 Å². The fraction of sp³-hybridized carbons (Fsp3) is 0.474. The van der Waals surface area contributed by atoms with Crippen LogP contribution in [0.15, 0.2) is 47.7 Å². The Morgan fingerprint density at radius 3 is 2.72 bits per heavy atom. The predicted octanol–water partition coefficient (Wildman–Crippen LogP) is 3.53. The van der Waals surface area contributed by atoms with E-state index in [1.54, 1.807) is 0 Å². The van der Waals surface area contributed by atoms with Crippen molar-refractivity contribution in [2.24, 2.45) is 4.99 Å². The van der Waals surface area contributed by atoms with Gasteiger partial charge in [-0.1, -0.05) is 31.0 Å². The fourth-order valence-electron chi connectivity index (χ4n) is 3.09. The summed E-state index contributed by atoms with van der Waals surface area (Å²) in [5, 5.41) is 11.3. The van der Waals surface area contributed by atoms with Crippen molar-refractivity contribution in [1.29, 1.82) is 0 Å². The van der Waals surface area contributed by atoms with Crippen molar-refractivity contribution in [1.82, 2.24) is 20.4 Å². The number of aliphatic imine (C=N–C) groups is 1. The topological polar surface area (TPSA) is 54.2 Å². The molecular formula is C19H28IN5. The summed E-state index contributed by atoms with van der Waals surface area (Å²) in [6, 6.07) is 10.8. The summed E-state index contributed by atoms with van der Waals surface area (Å²) in [6.45, 7) is 3.77. The van der Waals surface area contributed by atoms with Crippen LogP contribution in [0.25, 0.3) is 5.69 Å². The fourth-order valence-corrected chi connectivity index (χ4v) is 3.09. The van der Waals surface area contributed by atoms with Gasteiger partial charge < -0.3 is 10.6 Å². The molecule has 1 aliphatic carbocycles. The lowest BCUT2D eigenvalue weighted by Gasteiger charge is -2.16. The average Bonchev–Trinajstić information content (AvgIpc) is 3.28. The first-order valence-corrected chi connectivity index (χ1v) is 8.99. The lowest BCUT2D eigenvalue weighted by atomic mass is 10.2. The quantitative estimate of drug-likeness (QED) is 0.400. The first-order chi connectivity index (χ1) is 11.8. The minimum absolute atomic E-state index is 0. The molecule has 5 nitrogen and oxygen atoms in total. The number of benzene rings is 1. The Morgan fingerprint density at radius 2 is 2.00 bits per heavy atom. The van der Waals surface area contributed by atoms with Gasteiger partial charge >= 0.3 is 0 Å². The Morgan fingerprint density at radius 1 is 1.24 bits per heavy atom. The van der Waals surface area contributed by atoms with Crippen molar-refractivity contribution in [2.75, 3.05) is 13.1 Å². The molecule has 136 valence electrons. The summed E-state index contributed by atoms with van der Waals surface area (Å²) in [7, 11) is 0. The second-order valence-corrected chi connectivity index (χ2v) is 6.27. The van der Waals surface area contributed by atoms with E-state index in [9.17, 15) is 0 Å². The van der Waals surface area contributed by atoms with E-state index in [0.717, 1.165) is 31.2 Å². The molecule has 2 aromatic rings. The van der Waals surface area contributed by atoms with Gasteiger partial charge in [0, 0.05) is 25.3 Å². The van der Waals surface area contributed by atoms with E-state index in [2.05, 4.69) is 41.0 Å². The zero-order valence-corrected chi connectivity index (χ0v) is 17.1. The minimum Gasteiger partial charge on any atom is -0.357 e. The summed E-state index contributed by atoms with van der Waals surface area (Å²) >= 11 is 0. The van der Waals surface area contributed by atoms with Crippen LogP contribution >= 0.6 is 24.0 Å². The number of hydrogen-bond acceptors (Lipinski definition) is 2. The zero-order valence-electron chi connectivity index (χ0n) is 14.8. The number of nitrogens with one attached hydrogen (secondary N) is 2. The maximum absolute atomic E-state index is 4.71. The van der Waals surface area contributed by atoms with Gasteiger partial charge in [-0.05, 0) is 43.9 Å². The van der Waals surface area contributed by atoms with Crippen molar-refractivity contribution in [2.45, 2.75) is 45.1 Å². The molecule has 0 spiro atoms. The highest BCUT2D eigenvalue weighted by Crippen LogP contribution is 2.17. The molecule has 1 aromatic heterocycles. The van der Waals surface area contributed by atoms with E-state index in [1.807, 2.05) is 29.1 Å². The summed E-state index contributed by atoms with van der Waals surface area (Å²) in [5.74, 6) is 0.944. The monoisotopic (exact) mass is 453 g/mol. The molecule has 3 rings (SSSR count). The Bertz CT molecular complexity index is 647. The first-order valence-electron chi connectivity index (χ1n) is 8.99. The third-order valence-electron chi connectivity index (χ3n) is 4.37. The molecule has 0 radical (unpaired) electrons. The van der Waals surface area contributed by atoms with Crippen LogP contribution in [0.2, 0.25) is 0 Å². The molecule has 0 aliphatic heterocycles. The van der Waals surface area contributed by atoms with E-state index in [1.165, 1.54) is 31.2 Å². The van der Waals surface area contributed by atoms with Crippen molar-refractivity contribution in [3.05, 3.63) is 48.3 Å². The molecule has 6 heteroatoms. The van der Waals surface area contributed by atoms with E-state index < -0.39 is 0 Å². The molecule has 1 heterocycles. The molecule has 0 atom stereocenters. The third kappa shape index (κ3) is 6.02. The second-order valence-electron chi connectivity index (χ2n) is 6.27. The van der Waals surface area contributed by atoms with Gasteiger partial charge in [-0.2, -0.15) is 5.10 Å². The second kappa shape index (κ2) is 10.4. The normalized spacial score (nSPS) is 15.0. The maximum Gasteiger partial charge on any atom is 0.191 e. The number of rotatable bonds is 6. The molecule has 0 saturated heterocycles. The molecule has 2 N–H and O–H groups in total. The average molecular weight is 453 g/mol. The first kappa shape index (κ1) is 19.8. The summed E-state index contributed by atoms with van der Waals surface area (Å²) in [5.41, 5.74) is 2.29. The van der Waals surface area contributed by atoms with Crippen LogP contribution in [0.3, 0.4) is 0 Å². The van der Waals surface area contributed by atoms with Gasteiger partial charge in [0.2, 0.25) is 0 Å². The lowest BCUT2D eigenvalue weighted by molar-refractivity contribution is 0.614. The number of halogens is 1. The highest BCUT2D eigenvalue weighted by atomic mass is 127. The highest BCUT2D eigenvalue weighted by molar-refractivity contribution is 14.0. The van der Waals surface area contributed by atoms with Crippen molar-refractivity contribution in [3.63, 3.8) is 0 Å². The van der Waals surface area contributed by atoms with Gasteiger partial charge in [-0.25, -0.2) is 4.68 Å². The number of guanidine groups is 1. The predicted molar refractivity (Wildman–Crippen MR) is 114 cm³/mol. The number of hydrogen-bond donors (Lipinski definition) is 2. The molecule has 0 unspecified atom stereocenters. The molecular weight excluding hydrogens is 425 g/mol. The van der Waals surface area contributed by atoms with Crippen LogP contribution in [0.4, 0.5) is 0 Å². The van der Waals surface area contributed by atoms with Crippen LogP contribution in [0.1, 0.15) is 38.2 Å².